The lowest BCUT2D eigenvalue weighted by Gasteiger charge is -2.27. The van der Waals surface area contributed by atoms with E-state index in [4.69, 9.17) is 4.74 Å². The van der Waals surface area contributed by atoms with Crippen LogP contribution in [-0.4, -0.2) is 41.6 Å². The van der Waals surface area contributed by atoms with E-state index in [9.17, 15) is 14.7 Å². The van der Waals surface area contributed by atoms with E-state index in [0.29, 0.717) is 25.1 Å². The van der Waals surface area contributed by atoms with Crippen LogP contribution in [-0.2, 0) is 16.0 Å². The van der Waals surface area contributed by atoms with Crippen LogP contribution in [0.15, 0.2) is 18.2 Å². The number of phenolic OH excluding ortho intramolecular Hbond substituents is 1. The second-order valence-electron chi connectivity index (χ2n) is 4.89. The molecule has 108 valence electrons. The lowest BCUT2D eigenvalue weighted by Crippen LogP contribution is -2.41. The number of hydrogen-bond acceptors (Lipinski definition) is 4. The molecule has 0 aliphatic carbocycles. The molecule has 5 heteroatoms. The molecule has 0 spiro atoms. The van der Waals surface area contributed by atoms with Crippen molar-refractivity contribution in [2.24, 2.45) is 0 Å². The lowest BCUT2D eigenvalue weighted by molar-refractivity contribution is -0.144. The summed E-state index contributed by atoms with van der Waals surface area (Å²) in [6, 6.07) is 4.69. The van der Waals surface area contributed by atoms with Gasteiger partial charge in [0.2, 0.25) is 0 Å². The number of ether oxygens (including phenoxy) is 1. The first-order valence-corrected chi connectivity index (χ1v) is 6.88. The van der Waals surface area contributed by atoms with Crippen LogP contribution in [0, 0.1) is 0 Å². The summed E-state index contributed by atoms with van der Waals surface area (Å²) < 4.78 is 5.07. The average Bonchev–Trinajstić information content (AvgIpc) is 2.42. The van der Waals surface area contributed by atoms with Gasteiger partial charge in [0.15, 0.2) is 0 Å². The van der Waals surface area contributed by atoms with Gasteiger partial charge in [0.1, 0.15) is 12.3 Å². The number of hydrogen-bond donors (Lipinski definition) is 1. The molecule has 0 aromatic heterocycles. The van der Waals surface area contributed by atoms with Gasteiger partial charge in [-0.05, 0) is 36.6 Å². The summed E-state index contributed by atoms with van der Waals surface area (Å²) in [4.78, 5) is 25.4. The molecule has 1 aromatic rings. The van der Waals surface area contributed by atoms with Gasteiger partial charge in [0.05, 0.1) is 6.61 Å². The Kier molecular flexibility index (Phi) is 4.61. The Morgan fingerprint density at radius 3 is 3.00 bits per heavy atom. The maximum absolute atomic E-state index is 12.2. The Bertz CT molecular complexity index is 513. The number of unbranched alkanes of at least 4 members (excludes halogenated alkanes) is 1. The van der Waals surface area contributed by atoms with E-state index >= 15 is 0 Å². The molecule has 1 aromatic carbocycles. The number of aromatic hydroxyl groups is 1. The zero-order valence-electron chi connectivity index (χ0n) is 11.6. The first-order valence-electron chi connectivity index (χ1n) is 6.88. The second-order valence-corrected chi connectivity index (χ2v) is 4.89. The van der Waals surface area contributed by atoms with Crippen LogP contribution in [0.25, 0.3) is 0 Å². The van der Waals surface area contributed by atoms with Crippen molar-refractivity contribution < 1.29 is 19.4 Å². The zero-order valence-corrected chi connectivity index (χ0v) is 11.6. The lowest BCUT2D eigenvalue weighted by atomic mass is 9.99. The number of amides is 1. The van der Waals surface area contributed by atoms with Crippen molar-refractivity contribution in [2.45, 2.75) is 26.2 Å². The van der Waals surface area contributed by atoms with Crippen LogP contribution in [0.4, 0.5) is 0 Å². The van der Waals surface area contributed by atoms with E-state index in [-0.39, 0.29) is 24.2 Å². The molecule has 0 fully saturated rings. The minimum Gasteiger partial charge on any atom is -0.508 e. The summed E-state index contributed by atoms with van der Waals surface area (Å²) in [7, 11) is 0. The zero-order chi connectivity index (χ0) is 14.5. The highest BCUT2D eigenvalue weighted by atomic mass is 16.5. The summed E-state index contributed by atoms with van der Waals surface area (Å²) in [5, 5.41) is 9.41. The molecule has 20 heavy (non-hydrogen) atoms. The van der Waals surface area contributed by atoms with Gasteiger partial charge >= 0.3 is 5.97 Å². The quantitative estimate of drug-likeness (QED) is 0.657. The molecule has 0 radical (unpaired) electrons. The number of nitrogens with zero attached hydrogens (tertiary/aromatic N) is 1. The van der Waals surface area contributed by atoms with Crippen molar-refractivity contribution in [1.82, 2.24) is 4.90 Å². The van der Waals surface area contributed by atoms with Gasteiger partial charge in [0, 0.05) is 12.1 Å². The molecule has 1 aliphatic rings. The standard InChI is InChI=1S/C15H19NO4/c1-2-3-8-20-14(18)10-16-7-6-11-9-12(17)4-5-13(11)15(16)19/h4-5,9,17H,2-3,6-8,10H2,1H3. The normalized spacial score (nSPS) is 14.1. The number of carbonyl (C=O) groups is 2. The molecule has 0 unspecified atom stereocenters. The summed E-state index contributed by atoms with van der Waals surface area (Å²) in [6.07, 6.45) is 2.44. The van der Waals surface area contributed by atoms with Crippen molar-refractivity contribution in [3.63, 3.8) is 0 Å². The summed E-state index contributed by atoms with van der Waals surface area (Å²) in [6.45, 7) is 2.89. The number of phenols is 1. The van der Waals surface area contributed by atoms with Crippen LogP contribution in [0.5, 0.6) is 5.75 Å². The number of carbonyl (C=O) groups excluding carboxylic acids is 2. The Morgan fingerprint density at radius 2 is 2.25 bits per heavy atom. The molecular formula is C15H19NO4. The van der Waals surface area contributed by atoms with Gasteiger partial charge in [-0.2, -0.15) is 0 Å². The van der Waals surface area contributed by atoms with Gasteiger partial charge < -0.3 is 14.7 Å². The first-order chi connectivity index (χ1) is 9.61. The minimum absolute atomic E-state index is 0.0110. The van der Waals surface area contributed by atoms with Gasteiger partial charge in [-0.1, -0.05) is 13.3 Å². The Balaban J connectivity index is 1.97. The molecule has 0 atom stereocenters. The minimum atomic E-state index is -0.367. The molecule has 1 N–H and O–H groups in total. The van der Waals surface area contributed by atoms with Crippen LogP contribution in [0.3, 0.4) is 0 Å². The van der Waals surface area contributed by atoms with Gasteiger partial charge in [-0.15, -0.1) is 0 Å². The highest BCUT2D eigenvalue weighted by molar-refractivity contribution is 5.98. The van der Waals surface area contributed by atoms with E-state index in [2.05, 4.69) is 0 Å². The molecule has 0 saturated carbocycles. The van der Waals surface area contributed by atoms with Crippen molar-refractivity contribution in [1.29, 1.82) is 0 Å². The number of rotatable bonds is 5. The average molecular weight is 277 g/mol. The highest BCUT2D eigenvalue weighted by Gasteiger charge is 2.26. The molecular weight excluding hydrogens is 258 g/mol. The first kappa shape index (κ1) is 14.4. The number of benzene rings is 1. The molecule has 2 rings (SSSR count). The molecule has 5 nitrogen and oxygen atoms in total. The monoisotopic (exact) mass is 277 g/mol. The maximum atomic E-state index is 12.2. The van der Waals surface area contributed by atoms with Crippen LogP contribution in [0.1, 0.15) is 35.7 Å². The van der Waals surface area contributed by atoms with Gasteiger partial charge in [-0.25, -0.2) is 0 Å². The summed E-state index contributed by atoms with van der Waals surface area (Å²) in [5.41, 5.74) is 1.38. The maximum Gasteiger partial charge on any atom is 0.325 e. The van der Waals surface area contributed by atoms with Gasteiger partial charge in [-0.3, -0.25) is 9.59 Å². The van der Waals surface area contributed by atoms with Crippen molar-refractivity contribution >= 4 is 11.9 Å². The fourth-order valence-electron chi connectivity index (χ4n) is 2.21. The Hall–Kier alpha value is -2.04. The van der Waals surface area contributed by atoms with Crippen LogP contribution in [0.2, 0.25) is 0 Å². The molecule has 1 heterocycles. The van der Waals surface area contributed by atoms with E-state index < -0.39 is 0 Å². The van der Waals surface area contributed by atoms with E-state index in [1.807, 2.05) is 6.92 Å². The fraction of sp³-hybridized carbons (Fsp3) is 0.467. The Labute approximate surface area is 118 Å². The molecule has 0 saturated heterocycles. The predicted molar refractivity (Wildman–Crippen MR) is 73.6 cm³/mol. The third kappa shape index (κ3) is 3.29. The third-order valence-corrected chi connectivity index (χ3v) is 3.34. The Morgan fingerprint density at radius 1 is 1.45 bits per heavy atom. The molecule has 0 bridgehead atoms. The van der Waals surface area contributed by atoms with E-state index in [1.165, 1.54) is 11.0 Å². The van der Waals surface area contributed by atoms with Crippen LogP contribution >= 0.6 is 0 Å². The molecule has 1 amide bonds. The number of esters is 1. The van der Waals surface area contributed by atoms with E-state index in [0.717, 1.165) is 18.4 Å². The second kappa shape index (κ2) is 6.41. The third-order valence-electron chi connectivity index (χ3n) is 3.34. The van der Waals surface area contributed by atoms with Crippen molar-refractivity contribution in [2.75, 3.05) is 19.7 Å². The summed E-state index contributed by atoms with van der Waals surface area (Å²) >= 11 is 0. The summed E-state index contributed by atoms with van der Waals surface area (Å²) in [5.74, 6) is -0.392. The van der Waals surface area contributed by atoms with Gasteiger partial charge in [0.25, 0.3) is 5.91 Å². The largest absolute Gasteiger partial charge is 0.508 e. The van der Waals surface area contributed by atoms with Crippen molar-refractivity contribution in [3.8, 4) is 5.75 Å². The topological polar surface area (TPSA) is 66.8 Å². The molecule has 1 aliphatic heterocycles. The number of fused-ring (bicyclic) bond motifs is 1. The fourth-order valence-corrected chi connectivity index (χ4v) is 2.21. The van der Waals surface area contributed by atoms with E-state index in [1.54, 1.807) is 12.1 Å². The van der Waals surface area contributed by atoms with Crippen molar-refractivity contribution in [3.05, 3.63) is 29.3 Å². The smallest absolute Gasteiger partial charge is 0.325 e. The predicted octanol–water partition coefficient (Wildman–Crippen LogP) is 1.73. The highest BCUT2D eigenvalue weighted by Crippen LogP contribution is 2.22. The van der Waals surface area contributed by atoms with Crippen LogP contribution < -0.4 is 0 Å². The SMILES string of the molecule is CCCCOC(=O)CN1CCc2cc(O)ccc2C1=O.